The lowest BCUT2D eigenvalue weighted by Gasteiger charge is -2.09. The number of carbonyl (C=O) groups excluding carboxylic acids is 1. The molecule has 92 valence electrons. The molecular formula is C12H11N3O3. The molecule has 0 aliphatic rings. The topological polar surface area (TPSA) is 108 Å². The van der Waals surface area contributed by atoms with Crippen molar-refractivity contribution in [2.45, 2.75) is 6.92 Å². The number of primary amides is 1. The number of phenols is 2. The maximum atomic E-state index is 10.6. The number of aromatic hydroxyl groups is 2. The van der Waals surface area contributed by atoms with Crippen LogP contribution in [0.4, 0.5) is 10.5 Å². The van der Waals surface area contributed by atoms with E-state index in [4.69, 9.17) is 5.73 Å². The largest absolute Gasteiger partial charge is 0.507 e. The molecule has 0 saturated carbocycles. The van der Waals surface area contributed by atoms with Crippen molar-refractivity contribution in [3.05, 3.63) is 29.8 Å². The van der Waals surface area contributed by atoms with Crippen LogP contribution in [0.25, 0.3) is 10.8 Å². The summed E-state index contributed by atoms with van der Waals surface area (Å²) in [5, 5.41) is 27.7. The average molecular weight is 245 g/mol. The Bertz CT molecular complexity index is 665. The van der Waals surface area contributed by atoms with Crippen molar-refractivity contribution in [1.29, 1.82) is 0 Å². The second-order valence-corrected chi connectivity index (χ2v) is 3.75. The fourth-order valence-corrected chi connectivity index (χ4v) is 1.72. The number of amides is 2. The zero-order valence-corrected chi connectivity index (χ0v) is 9.58. The van der Waals surface area contributed by atoms with E-state index in [-0.39, 0.29) is 22.7 Å². The Morgan fingerprint density at radius 1 is 1.17 bits per heavy atom. The summed E-state index contributed by atoms with van der Waals surface area (Å²) in [4.78, 5) is 10.6. The minimum absolute atomic E-state index is 0.0267. The summed E-state index contributed by atoms with van der Waals surface area (Å²) in [7, 11) is 0. The van der Waals surface area contributed by atoms with E-state index in [2.05, 4.69) is 10.2 Å². The number of benzene rings is 2. The summed E-state index contributed by atoms with van der Waals surface area (Å²) in [6, 6.07) is 5.85. The summed E-state index contributed by atoms with van der Waals surface area (Å²) >= 11 is 0. The molecule has 18 heavy (non-hydrogen) atoms. The molecule has 6 heteroatoms. The average Bonchev–Trinajstić information content (AvgIpc) is 2.36. The van der Waals surface area contributed by atoms with Crippen LogP contribution in [0.2, 0.25) is 0 Å². The molecule has 0 unspecified atom stereocenters. The van der Waals surface area contributed by atoms with Gasteiger partial charge in [-0.15, -0.1) is 5.11 Å². The van der Waals surface area contributed by atoms with Gasteiger partial charge in [0.25, 0.3) is 0 Å². The molecule has 4 N–H and O–H groups in total. The van der Waals surface area contributed by atoms with Crippen LogP contribution in [0, 0.1) is 6.92 Å². The molecule has 0 aliphatic heterocycles. The second kappa shape index (κ2) is 4.33. The molecule has 2 aromatic carbocycles. The van der Waals surface area contributed by atoms with Crippen LogP contribution in [0.15, 0.2) is 34.5 Å². The molecule has 0 spiro atoms. The number of fused-ring (bicyclic) bond motifs is 1. The molecular weight excluding hydrogens is 234 g/mol. The minimum atomic E-state index is -0.954. The molecule has 0 bridgehead atoms. The SMILES string of the molecule is Cc1c(O)c(N=NC(N)=O)c2ccccc2c1O. The van der Waals surface area contributed by atoms with E-state index in [0.717, 1.165) is 0 Å². The highest BCUT2D eigenvalue weighted by molar-refractivity contribution is 6.00. The highest BCUT2D eigenvalue weighted by Gasteiger charge is 2.15. The lowest BCUT2D eigenvalue weighted by molar-refractivity contribution is 0.255. The third-order valence-electron chi connectivity index (χ3n) is 2.62. The van der Waals surface area contributed by atoms with Gasteiger partial charge in [-0.2, -0.15) is 0 Å². The number of rotatable bonds is 1. The molecule has 0 heterocycles. The molecule has 0 saturated heterocycles. The lowest BCUT2D eigenvalue weighted by Crippen LogP contribution is -2.01. The number of urea groups is 1. The van der Waals surface area contributed by atoms with E-state index in [1.165, 1.54) is 0 Å². The van der Waals surface area contributed by atoms with Gasteiger partial charge in [0.05, 0.1) is 0 Å². The second-order valence-electron chi connectivity index (χ2n) is 3.75. The van der Waals surface area contributed by atoms with Crippen LogP contribution < -0.4 is 5.73 Å². The molecule has 6 nitrogen and oxygen atoms in total. The van der Waals surface area contributed by atoms with E-state index in [1.54, 1.807) is 31.2 Å². The molecule has 0 atom stereocenters. The molecule has 0 aromatic heterocycles. The fraction of sp³-hybridized carbons (Fsp3) is 0.0833. The van der Waals surface area contributed by atoms with Crippen molar-refractivity contribution in [2.75, 3.05) is 0 Å². The highest BCUT2D eigenvalue weighted by atomic mass is 16.3. The molecule has 0 radical (unpaired) electrons. The summed E-state index contributed by atoms with van der Waals surface area (Å²) in [5.41, 5.74) is 5.25. The van der Waals surface area contributed by atoms with Gasteiger partial charge in [-0.25, -0.2) is 4.79 Å². The standard InChI is InChI=1S/C12H11N3O3/c1-6-10(16)8-5-3-2-4-7(8)9(11(6)17)14-15-12(13)18/h2-5,16-17H,1H3,(H2,13,18). The van der Waals surface area contributed by atoms with Crippen LogP contribution in [0.3, 0.4) is 0 Å². The van der Waals surface area contributed by atoms with Crippen molar-refractivity contribution >= 4 is 22.5 Å². The number of azo groups is 1. The summed E-state index contributed by atoms with van der Waals surface area (Å²) < 4.78 is 0. The van der Waals surface area contributed by atoms with Gasteiger partial charge in [0.2, 0.25) is 0 Å². The highest BCUT2D eigenvalue weighted by Crippen LogP contribution is 2.44. The number of carbonyl (C=O) groups is 1. The number of phenolic OH excluding ortho intramolecular Hbond substituents is 2. The van der Waals surface area contributed by atoms with Gasteiger partial charge in [0, 0.05) is 16.3 Å². The fourth-order valence-electron chi connectivity index (χ4n) is 1.72. The predicted octanol–water partition coefficient (Wildman–Crippen LogP) is 2.72. The molecule has 2 aromatic rings. The first-order valence-corrected chi connectivity index (χ1v) is 5.16. The first-order chi connectivity index (χ1) is 8.52. The third kappa shape index (κ3) is 1.84. The monoisotopic (exact) mass is 245 g/mol. The Balaban J connectivity index is 2.83. The van der Waals surface area contributed by atoms with Crippen molar-refractivity contribution in [1.82, 2.24) is 0 Å². The van der Waals surface area contributed by atoms with E-state index in [9.17, 15) is 15.0 Å². The zero-order chi connectivity index (χ0) is 13.3. The molecule has 2 amide bonds. The van der Waals surface area contributed by atoms with Crippen molar-refractivity contribution in [3.8, 4) is 11.5 Å². The van der Waals surface area contributed by atoms with Gasteiger partial charge in [-0.3, -0.25) is 0 Å². The molecule has 2 rings (SSSR count). The third-order valence-corrected chi connectivity index (χ3v) is 2.62. The smallest absolute Gasteiger partial charge is 0.356 e. The van der Waals surface area contributed by atoms with Crippen LogP contribution >= 0.6 is 0 Å². The summed E-state index contributed by atoms with van der Waals surface area (Å²) in [6.07, 6.45) is 0. The van der Waals surface area contributed by atoms with Crippen molar-refractivity contribution in [3.63, 3.8) is 0 Å². The van der Waals surface area contributed by atoms with E-state index < -0.39 is 6.03 Å². The zero-order valence-electron chi connectivity index (χ0n) is 9.58. The Kier molecular flexibility index (Phi) is 2.85. The van der Waals surface area contributed by atoms with Gasteiger partial charge in [-0.05, 0) is 6.92 Å². The number of hydrogen-bond donors (Lipinski definition) is 3. The van der Waals surface area contributed by atoms with E-state index in [0.29, 0.717) is 10.8 Å². The first-order valence-electron chi connectivity index (χ1n) is 5.16. The van der Waals surface area contributed by atoms with Crippen molar-refractivity contribution < 1.29 is 15.0 Å². The van der Waals surface area contributed by atoms with Gasteiger partial charge in [0.15, 0.2) is 0 Å². The van der Waals surface area contributed by atoms with Crippen LogP contribution in [0.1, 0.15) is 5.56 Å². The number of hydrogen-bond acceptors (Lipinski definition) is 4. The molecule has 0 fully saturated rings. The lowest BCUT2D eigenvalue weighted by atomic mass is 10.0. The van der Waals surface area contributed by atoms with Crippen LogP contribution in [0.5, 0.6) is 11.5 Å². The maximum absolute atomic E-state index is 10.6. The van der Waals surface area contributed by atoms with Gasteiger partial charge >= 0.3 is 6.03 Å². The van der Waals surface area contributed by atoms with Gasteiger partial charge in [0.1, 0.15) is 17.2 Å². The summed E-state index contributed by atoms with van der Waals surface area (Å²) in [5.74, 6) is -0.252. The summed E-state index contributed by atoms with van der Waals surface area (Å²) in [6.45, 7) is 1.54. The molecule has 0 aliphatic carbocycles. The first kappa shape index (κ1) is 11.8. The van der Waals surface area contributed by atoms with Crippen LogP contribution in [-0.4, -0.2) is 16.2 Å². The van der Waals surface area contributed by atoms with Crippen molar-refractivity contribution in [2.24, 2.45) is 16.0 Å². The van der Waals surface area contributed by atoms with Crippen LogP contribution in [-0.2, 0) is 0 Å². The Morgan fingerprint density at radius 2 is 1.78 bits per heavy atom. The predicted molar refractivity (Wildman–Crippen MR) is 66.1 cm³/mol. The van der Waals surface area contributed by atoms with Gasteiger partial charge in [-0.1, -0.05) is 29.4 Å². The quantitative estimate of drug-likeness (QED) is 0.672. The Hall–Kier alpha value is -2.63. The minimum Gasteiger partial charge on any atom is -0.507 e. The Morgan fingerprint density at radius 3 is 2.39 bits per heavy atom. The maximum Gasteiger partial charge on any atom is 0.356 e. The number of nitrogens with zero attached hydrogens (tertiary/aromatic N) is 2. The Labute approximate surface area is 102 Å². The number of nitrogens with two attached hydrogens (primary N) is 1. The van der Waals surface area contributed by atoms with E-state index in [1.807, 2.05) is 0 Å². The normalized spacial score (nSPS) is 11.2. The van der Waals surface area contributed by atoms with E-state index >= 15 is 0 Å². The van der Waals surface area contributed by atoms with Gasteiger partial charge < -0.3 is 15.9 Å².